The van der Waals surface area contributed by atoms with E-state index in [4.69, 9.17) is 0 Å². The lowest BCUT2D eigenvalue weighted by Crippen LogP contribution is -2.00. The minimum Gasteiger partial charge on any atom is -0.357 e. The van der Waals surface area contributed by atoms with Gasteiger partial charge in [-0.15, -0.1) is 11.3 Å². The fraction of sp³-hybridized carbons (Fsp3) is 0.231. The summed E-state index contributed by atoms with van der Waals surface area (Å²) in [5.74, 6) is 0. The minimum atomic E-state index is 0.753. The number of hydrogen-bond acceptors (Lipinski definition) is 4. The molecule has 0 saturated carbocycles. The predicted molar refractivity (Wildman–Crippen MR) is 74.9 cm³/mol. The van der Waals surface area contributed by atoms with E-state index in [1.165, 1.54) is 16.5 Å². The molecule has 0 unspecified atom stereocenters. The molecule has 1 aromatic carbocycles. The third-order valence-corrected chi connectivity index (χ3v) is 3.54. The molecule has 0 amide bonds. The lowest BCUT2D eigenvalue weighted by atomic mass is 10.1. The predicted octanol–water partition coefficient (Wildman–Crippen LogP) is 2.95. The molecule has 0 atom stereocenters. The van der Waals surface area contributed by atoms with Crippen LogP contribution < -0.4 is 5.32 Å². The average Bonchev–Trinajstić information content (AvgIpc) is 2.93. The van der Waals surface area contributed by atoms with Crippen molar-refractivity contribution in [2.45, 2.75) is 13.5 Å². The molecule has 0 aliphatic heterocycles. The Morgan fingerprint density at radius 2 is 2.28 bits per heavy atom. The first-order chi connectivity index (χ1) is 8.72. The molecule has 1 N–H and O–H groups in total. The van der Waals surface area contributed by atoms with Gasteiger partial charge in [0.1, 0.15) is 0 Å². The maximum Gasteiger partial charge on any atom is 0.182 e. The first-order valence-electron chi connectivity index (χ1n) is 5.78. The van der Waals surface area contributed by atoms with Gasteiger partial charge in [-0.3, -0.25) is 4.68 Å². The van der Waals surface area contributed by atoms with Gasteiger partial charge < -0.3 is 5.32 Å². The normalized spacial score (nSPS) is 11.0. The molecule has 0 radical (unpaired) electrons. The van der Waals surface area contributed by atoms with E-state index in [2.05, 4.69) is 40.7 Å². The van der Waals surface area contributed by atoms with E-state index in [1.54, 1.807) is 17.5 Å². The number of thiazole rings is 1. The number of hydrogen-bond donors (Lipinski definition) is 1. The topological polar surface area (TPSA) is 42.7 Å². The van der Waals surface area contributed by atoms with Gasteiger partial charge in [0.05, 0.1) is 5.52 Å². The summed E-state index contributed by atoms with van der Waals surface area (Å²) in [4.78, 5) is 4.22. The summed E-state index contributed by atoms with van der Waals surface area (Å²) in [6.45, 7) is 2.86. The SMILES string of the molecule is Cc1cc(CNc2nccs2)c2nn(C)cc2c1. The van der Waals surface area contributed by atoms with Crippen molar-refractivity contribution in [3.05, 3.63) is 41.0 Å². The van der Waals surface area contributed by atoms with E-state index in [0.29, 0.717) is 0 Å². The Hall–Kier alpha value is -1.88. The Morgan fingerprint density at radius 3 is 3.06 bits per heavy atom. The van der Waals surface area contributed by atoms with Gasteiger partial charge in [0.25, 0.3) is 0 Å². The van der Waals surface area contributed by atoms with Crippen molar-refractivity contribution >= 4 is 27.4 Å². The van der Waals surface area contributed by atoms with Gasteiger partial charge in [-0.2, -0.15) is 5.10 Å². The van der Waals surface area contributed by atoms with Crippen LogP contribution in [0.2, 0.25) is 0 Å². The molecule has 18 heavy (non-hydrogen) atoms. The molecular weight excluding hydrogens is 244 g/mol. The van der Waals surface area contributed by atoms with Crippen LogP contribution in [0.4, 0.5) is 5.13 Å². The Morgan fingerprint density at radius 1 is 1.39 bits per heavy atom. The molecule has 0 spiro atoms. The monoisotopic (exact) mass is 258 g/mol. The Bertz CT molecular complexity index is 670. The average molecular weight is 258 g/mol. The van der Waals surface area contributed by atoms with Gasteiger partial charge in [0.15, 0.2) is 5.13 Å². The molecule has 3 aromatic rings. The zero-order chi connectivity index (χ0) is 12.5. The van der Waals surface area contributed by atoms with Gasteiger partial charge in [0.2, 0.25) is 0 Å². The summed E-state index contributed by atoms with van der Waals surface area (Å²) < 4.78 is 1.86. The van der Waals surface area contributed by atoms with Crippen molar-refractivity contribution in [1.82, 2.24) is 14.8 Å². The first-order valence-corrected chi connectivity index (χ1v) is 6.66. The summed E-state index contributed by atoms with van der Waals surface area (Å²) in [6, 6.07) is 4.34. The molecular formula is C13H14N4S. The quantitative estimate of drug-likeness (QED) is 0.785. The zero-order valence-corrected chi connectivity index (χ0v) is 11.2. The molecule has 92 valence electrons. The summed E-state index contributed by atoms with van der Waals surface area (Å²) in [6.07, 6.45) is 3.86. The molecule has 3 rings (SSSR count). The van der Waals surface area contributed by atoms with E-state index >= 15 is 0 Å². The number of aryl methyl sites for hydroxylation is 2. The molecule has 0 bridgehead atoms. The van der Waals surface area contributed by atoms with E-state index in [-0.39, 0.29) is 0 Å². The molecule has 5 heteroatoms. The van der Waals surface area contributed by atoms with Crippen molar-refractivity contribution in [2.24, 2.45) is 7.05 Å². The number of nitrogens with zero attached hydrogens (tertiary/aromatic N) is 3. The second-order valence-corrected chi connectivity index (χ2v) is 5.25. The summed E-state index contributed by atoms with van der Waals surface area (Å²) >= 11 is 1.61. The lowest BCUT2D eigenvalue weighted by Gasteiger charge is -2.05. The number of benzene rings is 1. The third kappa shape index (κ3) is 2.09. The first kappa shape index (κ1) is 11.2. The highest BCUT2D eigenvalue weighted by Gasteiger charge is 2.06. The van der Waals surface area contributed by atoms with Gasteiger partial charge in [-0.25, -0.2) is 4.98 Å². The van der Waals surface area contributed by atoms with E-state index in [1.807, 2.05) is 17.1 Å². The van der Waals surface area contributed by atoms with E-state index < -0.39 is 0 Å². The van der Waals surface area contributed by atoms with Crippen LogP contribution in [0.25, 0.3) is 10.9 Å². The molecule has 0 saturated heterocycles. The maximum atomic E-state index is 4.51. The fourth-order valence-corrected chi connectivity index (χ4v) is 2.64. The molecule has 4 nitrogen and oxygen atoms in total. The maximum absolute atomic E-state index is 4.51. The van der Waals surface area contributed by atoms with Crippen LogP contribution in [0.3, 0.4) is 0 Å². The highest BCUT2D eigenvalue weighted by Crippen LogP contribution is 2.21. The second-order valence-electron chi connectivity index (χ2n) is 4.36. The van der Waals surface area contributed by atoms with Crippen molar-refractivity contribution in [1.29, 1.82) is 0 Å². The largest absolute Gasteiger partial charge is 0.357 e. The van der Waals surface area contributed by atoms with Crippen LogP contribution in [0.1, 0.15) is 11.1 Å². The van der Waals surface area contributed by atoms with Crippen molar-refractivity contribution < 1.29 is 0 Å². The number of anilines is 1. The molecule has 0 aliphatic rings. The Balaban J connectivity index is 1.95. The zero-order valence-electron chi connectivity index (χ0n) is 10.3. The second kappa shape index (κ2) is 4.42. The smallest absolute Gasteiger partial charge is 0.182 e. The standard InChI is InChI=1S/C13H14N4S/c1-9-5-10(7-15-13-14-3-4-18-13)12-11(6-9)8-17(2)16-12/h3-6,8H,7H2,1-2H3,(H,14,15). The molecule has 2 heterocycles. The van der Waals surface area contributed by atoms with E-state index in [0.717, 1.165) is 17.2 Å². The van der Waals surface area contributed by atoms with Crippen LogP contribution >= 0.6 is 11.3 Å². The van der Waals surface area contributed by atoms with Gasteiger partial charge in [-0.05, 0) is 24.1 Å². The Kier molecular flexibility index (Phi) is 2.76. The highest BCUT2D eigenvalue weighted by molar-refractivity contribution is 7.13. The third-order valence-electron chi connectivity index (χ3n) is 2.81. The van der Waals surface area contributed by atoms with Crippen LogP contribution in [0, 0.1) is 6.92 Å². The van der Waals surface area contributed by atoms with Gasteiger partial charge in [0, 0.05) is 36.8 Å². The molecule has 0 fully saturated rings. The Labute approximate surface area is 109 Å². The summed E-state index contributed by atoms with van der Waals surface area (Å²) in [5.41, 5.74) is 3.53. The van der Waals surface area contributed by atoms with Crippen LogP contribution in [-0.4, -0.2) is 14.8 Å². The molecule has 0 aliphatic carbocycles. The van der Waals surface area contributed by atoms with Crippen molar-refractivity contribution in [3.8, 4) is 0 Å². The summed E-state index contributed by atoms with van der Waals surface area (Å²) in [7, 11) is 1.95. The van der Waals surface area contributed by atoms with Crippen LogP contribution in [0.5, 0.6) is 0 Å². The van der Waals surface area contributed by atoms with Crippen molar-refractivity contribution in [3.63, 3.8) is 0 Å². The van der Waals surface area contributed by atoms with Crippen LogP contribution in [0.15, 0.2) is 29.9 Å². The number of aromatic nitrogens is 3. The molecule has 2 aromatic heterocycles. The number of nitrogens with one attached hydrogen (secondary N) is 1. The number of rotatable bonds is 3. The van der Waals surface area contributed by atoms with Gasteiger partial charge >= 0.3 is 0 Å². The minimum absolute atomic E-state index is 0.753. The fourth-order valence-electron chi connectivity index (χ4n) is 2.11. The summed E-state index contributed by atoms with van der Waals surface area (Å²) in [5, 5.41) is 11.9. The van der Waals surface area contributed by atoms with E-state index in [9.17, 15) is 0 Å². The number of fused-ring (bicyclic) bond motifs is 1. The highest BCUT2D eigenvalue weighted by atomic mass is 32.1. The van der Waals surface area contributed by atoms with Gasteiger partial charge in [-0.1, -0.05) is 6.07 Å². The van der Waals surface area contributed by atoms with Crippen LogP contribution in [-0.2, 0) is 13.6 Å². The van der Waals surface area contributed by atoms with Crippen molar-refractivity contribution in [2.75, 3.05) is 5.32 Å². The lowest BCUT2D eigenvalue weighted by molar-refractivity contribution is 0.778.